The van der Waals surface area contributed by atoms with Gasteiger partial charge < -0.3 is 9.47 Å². The summed E-state index contributed by atoms with van der Waals surface area (Å²) in [6.07, 6.45) is 0.0189. The average Bonchev–Trinajstić information content (AvgIpc) is 2.45. The number of carbonyl (C=O) groups excluding carboxylic acids is 2. The predicted molar refractivity (Wildman–Crippen MR) is 52.7 cm³/mol. The summed E-state index contributed by atoms with van der Waals surface area (Å²) in [4.78, 5) is 32.8. The number of benzene rings is 1. The standard InChI is InChI=1S/C11H8O7/c12-9-7-1-2-8(4-3-7)10(13)16-11(15-9)5-6-14-18-17-11/h1-4H,5-6H2. The van der Waals surface area contributed by atoms with Gasteiger partial charge in [-0.15, -0.1) is 4.89 Å². The first-order valence-electron chi connectivity index (χ1n) is 5.23. The fraction of sp³-hybridized carbons (Fsp3) is 0.273. The fourth-order valence-electron chi connectivity index (χ4n) is 1.62. The Hall–Kier alpha value is -1.96. The minimum absolute atomic E-state index is 0.0189. The average molecular weight is 252 g/mol. The number of carbonyl (C=O) groups is 2. The van der Waals surface area contributed by atoms with Crippen LogP contribution in [0.25, 0.3) is 0 Å². The van der Waals surface area contributed by atoms with Crippen LogP contribution in [-0.2, 0) is 24.3 Å². The number of rotatable bonds is 0. The lowest BCUT2D eigenvalue weighted by atomic mass is 10.1. The van der Waals surface area contributed by atoms with E-state index in [0.29, 0.717) is 0 Å². The SMILES string of the molecule is O=C1OC2(CCOOO2)OC(=O)c2ccc1cc2. The molecule has 2 bridgehead atoms. The highest BCUT2D eigenvalue weighted by Gasteiger charge is 2.46. The van der Waals surface area contributed by atoms with Crippen LogP contribution in [0.15, 0.2) is 24.3 Å². The molecule has 0 aliphatic carbocycles. The summed E-state index contributed by atoms with van der Waals surface area (Å²) < 4.78 is 10.1. The molecule has 1 aromatic carbocycles. The van der Waals surface area contributed by atoms with E-state index in [2.05, 4.69) is 14.8 Å². The van der Waals surface area contributed by atoms with Gasteiger partial charge in [-0.2, -0.15) is 0 Å². The van der Waals surface area contributed by atoms with E-state index in [1.807, 2.05) is 0 Å². The Balaban J connectivity index is 1.99. The molecule has 0 radical (unpaired) electrons. The zero-order chi connectivity index (χ0) is 12.6. The Morgan fingerprint density at radius 3 is 1.94 bits per heavy atom. The summed E-state index contributed by atoms with van der Waals surface area (Å²) in [6, 6.07) is 5.88. The maximum absolute atomic E-state index is 11.8. The molecule has 0 N–H and O–H groups in total. The largest absolute Gasteiger partial charge is 0.408 e. The molecule has 0 unspecified atom stereocenters. The number of hydrogen-bond donors (Lipinski definition) is 0. The van der Waals surface area contributed by atoms with Crippen LogP contribution < -0.4 is 0 Å². The molecular formula is C11H8O7. The topological polar surface area (TPSA) is 80.3 Å². The fourth-order valence-corrected chi connectivity index (χ4v) is 1.62. The molecule has 7 nitrogen and oxygen atoms in total. The quantitative estimate of drug-likeness (QED) is 0.502. The van der Waals surface area contributed by atoms with Crippen molar-refractivity contribution in [2.24, 2.45) is 0 Å². The van der Waals surface area contributed by atoms with Crippen molar-refractivity contribution in [3.05, 3.63) is 35.4 Å². The second-order valence-corrected chi connectivity index (χ2v) is 3.76. The number of fused-ring (bicyclic) bond motifs is 4. The van der Waals surface area contributed by atoms with Gasteiger partial charge in [0.15, 0.2) is 0 Å². The first-order chi connectivity index (χ1) is 8.69. The van der Waals surface area contributed by atoms with Crippen LogP contribution in [0, 0.1) is 0 Å². The van der Waals surface area contributed by atoms with E-state index in [-0.39, 0.29) is 24.2 Å². The van der Waals surface area contributed by atoms with Crippen LogP contribution in [0.2, 0.25) is 0 Å². The lowest BCUT2D eigenvalue weighted by Crippen LogP contribution is -2.46. The molecule has 3 aliphatic rings. The first kappa shape index (κ1) is 11.1. The van der Waals surface area contributed by atoms with Crippen LogP contribution in [0.3, 0.4) is 0 Å². The summed E-state index contributed by atoms with van der Waals surface area (Å²) in [6.45, 7) is 0.0616. The zero-order valence-electron chi connectivity index (χ0n) is 9.08. The Bertz CT molecular complexity index is 448. The van der Waals surface area contributed by atoms with Crippen LogP contribution >= 0.6 is 0 Å². The van der Waals surface area contributed by atoms with Crippen LogP contribution in [-0.4, -0.2) is 24.5 Å². The monoisotopic (exact) mass is 252 g/mol. The Morgan fingerprint density at radius 1 is 0.944 bits per heavy atom. The first-order valence-corrected chi connectivity index (χ1v) is 5.23. The highest BCUT2D eigenvalue weighted by Crippen LogP contribution is 2.29. The minimum atomic E-state index is -1.90. The van der Waals surface area contributed by atoms with Crippen molar-refractivity contribution < 1.29 is 33.9 Å². The van der Waals surface area contributed by atoms with E-state index in [4.69, 9.17) is 9.47 Å². The van der Waals surface area contributed by atoms with Crippen molar-refractivity contribution in [1.29, 1.82) is 0 Å². The molecule has 1 aromatic rings. The highest BCUT2D eigenvalue weighted by atomic mass is 17.5. The van der Waals surface area contributed by atoms with Crippen molar-refractivity contribution in [3.8, 4) is 0 Å². The summed E-state index contributed by atoms with van der Waals surface area (Å²) in [5.41, 5.74) is 0.568. The van der Waals surface area contributed by atoms with Crippen LogP contribution in [0.1, 0.15) is 27.1 Å². The lowest BCUT2D eigenvalue weighted by Gasteiger charge is -2.31. The summed E-state index contributed by atoms with van der Waals surface area (Å²) in [5.74, 6) is -3.26. The number of hydrogen-bond acceptors (Lipinski definition) is 7. The summed E-state index contributed by atoms with van der Waals surface area (Å²) >= 11 is 0. The second kappa shape index (κ2) is 4.05. The van der Waals surface area contributed by atoms with Gasteiger partial charge >= 0.3 is 17.9 Å². The van der Waals surface area contributed by atoms with E-state index in [9.17, 15) is 9.59 Å². The van der Waals surface area contributed by atoms with Gasteiger partial charge in [-0.05, 0) is 24.3 Å². The molecule has 7 heteroatoms. The van der Waals surface area contributed by atoms with Gasteiger partial charge in [-0.25, -0.2) is 14.5 Å². The lowest BCUT2D eigenvalue weighted by molar-refractivity contribution is -0.625. The van der Waals surface area contributed by atoms with Crippen molar-refractivity contribution in [1.82, 2.24) is 0 Å². The van der Waals surface area contributed by atoms with Gasteiger partial charge in [-0.3, -0.25) is 0 Å². The molecule has 0 atom stereocenters. The van der Waals surface area contributed by atoms with E-state index < -0.39 is 17.9 Å². The van der Waals surface area contributed by atoms with Crippen molar-refractivity contribution in [2.45, 2.75) is 12.4 Å². The third kappa shape index (κ3) is 1.84. The van der Waals surface area contributed by atoms with Gasteiger partial charge in [0.2, 0.25) is 0 Å². The minimum Gasteiger partial charge on any atom is -0.392 e. The highest BCUT2D eigenvalue weighted by molar-refractivity contribution is 5.94. The molecule has 4 rings (SSSR count). The third-order valence-electron chi connectivity index (χ3n) is 2.55. The van der Waals surface area contributed by atoms with Crippen molar-refractivity contribution >= 4 is 11.9 Å². The maximum Gasteiger partial charge on any atom is 0.408 e. The predicted octanol–water partition coefficient (Wildman–Crippen LogP) is 0.951. The molecule has 0 amide bonds. The van der Waals surface area contributed by atoms with Crippen molar-refractivity contribution in [2.75, 3.05) is 6.61 Å². The maximum atomic E-state index is 11.8. The number of ether oxygens (including phenoxy) is 2. The molecule has 0 saturated carbocycles. The van der Waals surface area contributed by atoms with Gasteiger partial charge in [0.05, 0.1) is 24.2 Å². The molecule has 18 heavy (non-hydrogen) atoms. The molecule has 1 saturated heterocycles. The summed E-state index contributed by atoms with van der Waals surface area (Å²) in [7, 11) is 0. The van der Waals surface area contributed by atoms with Crippen LogP contribution in [0.4, 0.5) is 0 Å². The second-order valence-electron chi connectivity index (χ2n) is 3.76. The van der Waals surface area contributed by atoms with E-state index in [1.54, 1.807) is 0 Å². The molecule has 1 spiro atoms. The Kier molecular flexibility index (Phi) is 2.51. The Labute approximate surface area is 101 Å². The molecule has 0 aromatic heterocycles. The van der Waals surface area contributed by atoms with Gasteiger partial charge in [0.1, 0.15) is 0 Å². The van der Waals surface area contributed by atoms with Crippen molar-refractivity contribution in [3.63, 3.8) is 0 Å². The third-order valence-corrected chi connectivity index (χ3v) is 2.55. The van der Waals surface area contributed by atoms with E-state index >= 15 is 0 Å². The molecule has 94 valence electrons. The molecule has 3 aliphatic heterocycles. The van der Waals surface area contributed by atoms with Crippen LogP contribution in [0.5, 0.6) is 0 Å². The molecular weight excluding hydrogens is 244 g/mol. The molecule has 1 fully saturated rings. The van der Waals surface area contributed by atoms with E-state index in [0.717, 1.165) is 0 Å². The molecule has 3 heterocycles. The van der Waals surface area contributed by atoms with Gasteiger partial charge in [0.25, 0.3) is 0 Å². The Morgan fingerprint density at radius 2 is 1.50 bits per heavy atom. The van der Waals surface area contributed by atoms with E-state index in [1.165, 1.54) is 24.3 Å². The number of esters is 2. The van der Waals surface area contributed by atoms with Gasteiger partial charge in [0, 0.05) is 0 Å². The van der Waals surface area contributed by atoms with Gasteiger partial charge in [-0.1, -0.05) is 5.04 Å². The zero-order valence-corrected chi connectivity index (χ0v) is 9.08. The smallest absolute Gasteiger partial charge is 0.392 e. The summed E-state index contributed by atoms with van der Waals surface area (Å²) in [5, 5.41) is 4.27. The normalized spacial score (nSPS) is 21.8.